The number of nitrogens with two attached hydrogens (primary N) is 1. The number of amides is 2. The van der Waals surface area contributed by atoms with Crippen molar-refractivity contribution in [1.29, 1.82) is 0 Å². The minimum Gasteiger partial charge on any atom is -0.307 e. The summed E-state index contributed by atoms with van der Waals surface area (Å²) in [5.74, 6) is 0. The number of hydrogen-bond donors (Lipinski definition) is 3. The molecule has 8 heteroatoms. The maximum atomic E-state index is 12.4. The summed E-state index contributed by atoms with van der Waals surface area (Å²) >= 11 is 3.35. The maximum Gasteiger partial charge on any atom is 0.323 e. The summed E-state index contributed by atoms with van der Waals surface area (Å²) in [5.41, 5.74) is 2.74. The van der Waals surface area contributed by atoms with Crippen molar-refractivity contribution >= 4 is 43.4 Å². The summed E-state index contributed by atoms with van der Waals surface area (Å²) in [6.45, 7) is 1.91. The van der Waals surface area contributed by atoms with Crippen LogP contribution in [0.4, 0.5) is 16.2 Å². The molecule has 0 spiro atoms. The summed E-state index contributed by atoms with van der Waals surface area (Å²) in [7, 11) is -4.10. The molecule has 0 atom stereocenters. The highest BCUT2D eigenvalue weighted by Crippen LogP contribution is 2.33. The van der Waals surface area contributed by atoms with Gasteiger partial charge in [-0.2, -0.15) is 0 Å². The van der Waals surface area contributed by atoms with Gasteiger partial charge in [-0.1, -0.05) is 54.1 Å². The Labute approximate surface area is 172 Å². The molecule has 0 saturated heterocycles. The summed E-state index contributed by atoms with van der Waals surface area (Å²) < 4.78 is 25.3. The second kappa shape index (κ2) is 8.14. The lowest BCUT2D eigenvalue weighted by molar-refractivity contribution is 0.262. The first kappa shape index (κ1) is 20.1. The van der Waals surface area contributed by atoms with Gasteiger partial charge < -0.3 is 10.6 Å². The Kier molecular flexibility index (Phi) is 5.83. The van der Waals surface area contributed by atoms with Gasteiger partial charge in [0.1, 0.15) is 4.90 Å². The quantitative estimate of drug-likeness (QED) is 0.525. The third-order valence-electron chi connectivity index (χ3n) is 4.00. The average Bonchev–Trinajstić information content (AvgIpc) is 2.62. The molecule has 0 unspecified atom stereocenters. The minimum absolute atomic E-state index is 0.103. The van der Waals surface area contributed by atoms with Crippen molar-refractivity contribution in [2.45, 2.75) is 11.8 Å². The zero-order chi connectivity index (χ0) is 20.3. The SMILES string of the molecule is Cc1cccc(-c2cccc(NC(=O)Nc3ccccc3Br)c2S(N)(=O)=O)c1. The number of aryl methyl sites for hydroxylation is 1. The van der Waals surface area contributed by atoms with E-state index in [0.717, 1.165) is 5.56 Å². The van der Waals surface area contributed by atoms with Crippen LogP contribution in [0, 0.1) is 6.92 Å². The number of carbonyl (C=O) groups is 1. The summed E-state index contributed by atoms with van der Waals surface area (Å²) in [5, 5.41) is 10.7. The molecule has 0 aliphatic carbocycles. The molecule has 2 amide bonds. The number of primary sulfonamides is 1. The van der Waals surface area contributed by atoms with Crippen LogP contribution in [-0.2, 0) is 10.0 Å². The van der Waals surface area contributed by atoms with Crippen molar-refractivity contribution in [2.75, 3.05) is 10.6 Å². The van der Waals surface area contributed by atoms with E-state index >= 15 is 0 Å². The van der Waals surface area contributed by atoms with E-state index in [4.69, 9.17) is 5.14 Å². The number of para-hydroxylation sites is 1. The number of hydrogen-bond acceptors (Lipinski definition) is 3. The molecule has 3 rings (SSSR count). The van der Waals surface area contributed by atoms with E-state index in [2.05, 4.69) is 26.6 Å². The first-order chi connectivity index (χ1) is 13.3. The smallest absolute Gasteiger partial charge is 0.307 e. The molecule has 3 aromatic carbocycles. The van der Waals surface area contributed by atoms with Crippen LogP contribution >= 0.6 is 15.9 Å². The van der Waals surface area contributed by atoms with E-state index in [0.29, 0.717) is 21.3 Å². The monoisotopic (exact) mass is 459 g/mol. The predicted molar refractivity (Wildman–Crippen MR) is 115 cm³/mol. The van der Waals surface area contributed by atoms with Gasteiger partial charge >= 0.3 is 6.03 Å². The van der Waals surface area contributed by atoms with Crippen molar-refractivity contribution in [3.8, 4) is 11.1 Å². The Morgan fingerprint density at radius 2 is 1.57 bits per heavy atom. The molecule has 6 nitrogen and oxygen atoms in total. The molecule has 4 N–H and O–H groups in total. The Bertz CT molecular complexity index is 1150. The molecule has 0 heterocycles. The number of halogens is 1. The van der Waals surface area contributed by atoms with Crippen LogP contribution in [0.2, 0.25) is 0 Å². The van der Waals surface area contributed by atoms with Crippen LogP contribution in [-0.4, -0.2) is 14.4 Å². The number of carbonyl (C=O) groups excluding carboxylic acids is 1. The highest BCUT2D eigenvalue weighted by atomic mass is 79.9. The van der Waals surface area contributed by atoms with Crippen LogP contribution in [0.3, 0.4) is 0 Å². The van der Waals surface area contributed by atoms with E-state index in [1.165, 1.54) is 6.07 Å². The van der Waals surface area contributed by atoms with Gasteiger partial charge in [-0.05, 0) is 46.6 Å². The van der Waals surface area contributed by atoms with Crippen molar-refractivity contribution in [2.24, 2.45) is 5.14 Å². The van der Waals surface area contributed by atoms with Gasteiger partial charge in [-0.25, -0.2) is 18.4 Å². The van der Waals surface area contributed by atoms with Crippen molar-refractivity contribution in [3.05, 3.63) is 76.8 Å². The second-order valence-corrected chi connectivity index (χ2v) is 8.51. The van der Waals surface area contributed by atoms with Crippen LogP contribution in [0.25, 0.3) is 11.1 Å². The Hall–Kier alpha value is -2.68. The van der Waals surface area contributed by atoms with Gasteiger partial charge in [0.05, 0.1) is 11.4 Å². The molecule has 0 aliphatic rings. The average molecular weight is 460 g/mol. The zero-order valence-electron chi connectivity index (χ0n) is 14.9. The molecule has 0 aliphatic heterocycles. The molecule has 0 saturated carbocycles. The summed E-state index contributed by atoms with van der Waals surface area (Å²) in [6.07, 6.45) is 0. The predicted octanol–water partition coefficient (Wildman–Crippen LogP) is 4.72. The third kappa shape index (κ3) is 4.59. The normalized spacial score (nSPS) is 11.1. The molecular weight excluding hydrogens is 442 g/mol. The van der Waals surface area contributed by atoms with Crippen LogP contribution in [0.5, 0.6) is 0 Å². The second-order valence-electron chi connectivity index (χ2n) is 6.16. The molecule has 0 radical (unpaired) electrons. The fourth-order valence-corrected chi connectivity index (χ4v) is 4.12. The van der Waals surface area contributed by atoms with Gasteiger partial charge in [-0.3, -0.25) is 0 Å². The van der Waals surface area contributed by atoms with Crippen LogP contribution in [0.1, 0.15) is 5.56 Å². The fourth-order valence-electron chi connectivity index (χ4n) is 2.82. The number of rotatable bonds is 4. The van der Waals surface area contributed by atoms with Crippen LogP contribution in [0.15, 0.2) is 76.1 Å². The first-order valence-corrected chi connectivity index (χ1v) is 10.6. The van der Waals surface area contributed by atoms with Gasteiger partial charge in [0.2, 0.25) is 10.0 Å². The standard InChI is InChI=1S/C20H18BrN3O3S/c1-13-6-4-7-14(12-13)15-8-5-11-18(19(15)28(22,26)27)24-20(25)23-17-10-3-2-9-16(17)21/h2-12H,1H3,(H2,22,26,27)(H2,23,24,25). The molecule has 0 fully saturated rings. The number of benzene rings is 3. The summed E-state index contributed by atoms with van der Waals surface area (Å²) in [4.78, 5) is 12.3. The lowest BCUT2D eigenvalue weighted by atomic mass is 10.0. The van der Waals surface area contributed by atoms with E-state index in [9.17, 15) is 13.2 Å². The van der Waals surface area contributed by atoms with E-state index < -0.39 is 16.1 Å². The number of sulfonamides is 1. The van der Waals surface area contributed by atoms with Crippen molar-refractivity contribution in [1.82, 2.24) is 0 Å². The van der Waals surface area contributed by atoms with Crippen molar-refractivity contribution < 1.29 is 13.2 Å². The Morgan fingerprint density at radius 3 is 2.25 bits per heavy atom. The third-order valence-corrected chi connectivity index (χ3v) is 5.70. The van der Waals surface area contributed by atoms with Gasteiger partial charge in [-0.15, -0.1) is 0 Å². The number of urea groups is 1. The van der Waals surface area contributed by atoms with Gasteiger partial charge in [0.15, 0.2) is 0 Å². The lowest BCUT2D eigenvalue weighted by Crippen LogP contribution is -2.23. The summed E-state index contributed by atoms with van der Waals surface area (Å²) in [6, 6.07) is 18.7. The Morgan fingerprint density at radius 1 is 0.929 bits per heavy atom. The van der Waals surface area contributed by atoms with E-state index in [1.807, 2.05) is 31.2 Å². The Balaban J connectivity index is 2.01. The minimum atomic E-state index is -4.10. The highest BCUT2D eigenvalue weighted by molar-refractivity contribution is 9.10. The van der Waals surface area contributed by atoms with Crippen molar-refractivity contribution in [3.63, 3.8) is 0 Å². The lowest BCUT2D eigenvalue weighted by Gasteiger charge is -2.15. The van der Waals surface area contributed by atoms with Crippen LogP contribution < -0.4 is 15.8 Å². The zero-order valence-corrected chi connectivity index (χ0v) is 17.3. The molecule has 144 valence electrons. The fraction of sp³-hybridized carbons (Fsp3) is 0.0500. The topological polar surface area (TPSA) is 101 Å². The first-order valence-electron chi connectivity index (χ1n) is 8.31. The molecular formula is C20H18BrN3O3S. The molecule has 3 aromatic rings. The number of nitrogens with one attached hydrogen (secondary N) is 2. The largest absolute Gasteiger partial charge is 0.323 e. The van der Waals surface area contributed by atoms with E-state index in [-0.39, 0.29) is 10.6 Å². The maximum absolute atomic E-state index is 12.4. The molecule has 0 bridgehead atoms. The van der Waals surface area contributed by atoms with Gasteiger partial charge in [0, 0.05) is 10.0 Å². The number of anilines is 2. The van der Waals surface area contributed by atoms with Gasteiger partial charge in [0.25, 0.3) is 0 Å². The molecule has 0 aromatic heterocycles. The molecule has 28 heavy (non-hydrogen) atoms. The highest BCUT2D eigenvalue weighted by Gasteiger charge is 2.21. The van der Waals surface area contributed by atoms with E-state index in [1.54, 1.807) is 36.4 Å².